The van der Waals surface area contributed by atoms with Gasteiger partial charge in [-0.25, -0.2) is 4.79 Å². The second-order valence-corrected chi connectivity index (χ2v) is 6.19. The molecule has 0 fully saturated rings. The van der Waals surface area contributed by atoms with Gasteiger partial charge in [-0.3, -0.25) is 0 Å². The summed E-state index contributed by atoms with van der Waals surface area (Å²) in [6.45, 7) is 2.21. The lowest BCUT2D eigenvalue weighted by Crippen LogP contribution is -2.43. The smallest absolute Gasteiger partial charge is 0.328 e. The summed E-state index contributed by atoms with van der Waals surface area (Å²) in [5, 5.41) is 13.2. The second-order valence-electron chi connectivity index (χ2n) is 6.19. The second kappa shape index (κ2) is 5.30. The van der Waals surface area contributed by atoms with Crippen molar-refractivity contribution in [2.75, 3.05) is 11.9 Å². The minimum atomic E-state index is -0.357. The molecule has 0 aromatic heterocycles. The molecule has 118 valence electrons. The van der Waals surface area contributed by atoms with Crippen molar-refractivity contribution in [1.82, 2.24) is 0 Å². The minimum absolute atomic E-state index is 0.112. The topological polar surface area (TPSA) is 58.6 Å². The standard InChI is InChI=1S/C19H19NO3/c1-2-23-19(22)18-15-9-11-5-3-4-6-13(11)17(15)14-10-12(21)7-8-16(14)20-18/h3-8,10,15,17-18,20-21H,2,9H2,1H3/t15?,17?,18-/m0/s1. The van der Waals surface area contributed by atoms with Crippen LogP contribution in [0, 0.1) is 5.92 Å². The van der Waals surface area contributed by atoms with Crippen molar-refractivity contribution in [3.63, 3.8) is 0 Å². The summed E-state index contributed by atoms with van der Waals surface area (Å²) in [6, 6.07) is 13.3. The van der Waals surface area contributed by atoms with Gasteiger partial charge in [0.1, 0.15) is 11.8 Å². The molecule has 0 spiro atoms. The van der Waals surface area contributed by atoms with Gasteiger partial charge in [0.2, 0.25) is 0 Å². The number of carbonyl (C=O) groups excluding carboxylic acids is 1. The average Bonchev–Trinajstić information content (AvgIpc) is 2.94. The lowest BCUT2D eigenvalue weighted by molar-refractivity contribution is -0.145. The van der Waals surface area contributed by atoms with Crippen LogP contribution in [-0.4, -0.2) is 23.7 Å². The largest absolute Gasteiger partial charge is 0.508 e. The molecule has 0 saturated heterocycles. The van der Waals surface area contributed by atoms with E-state index in [0.717, 1.165) is 17.7 Å². The summed E-state index contributed by atoms with van der Waals surface area (Å²) in [6.07, 6.45) is 0.840. The van der Waals surface area contributed by atoms with Crippen LogP contribution in [0.1, 0.15) is 29.5 Å². The quantitative estimate of drug-likeness (QED) is 0.661. The lowest BCUT2D eigenvalue weighted by Gasteiger charge is -2.36. The fourth-order valence-corrected chi connectivity index (χ4v) is 4.01. The number of hydrogen-bond donors (Lipinski definition) is 2. The first-order chi connectivity index (χ1) is 11.2. The Morgan fingerprint density at radius 1 is 1.26 bits per heavy atom. The molecule has 0 bridgehead atoms. The monoisotopic (exact) mass is 309 g/mol. The van der Waals surface area contributed by atoms with Crippen LogP contribution < -0.4 is 5.32 Å². The van der Waals surface area contributed by atoms with Gasteiger partial charge >= 0.3 is 5.97 Å². The Morgan fingerprint density at radius 3 is 2.91 bits per heavy atom. The number of aromatic hydroxyl groups is 1. The molecular weight excluding hydrogens is 290 g/mol. The molecule has 23 heavy (non-hydrogen) atoms. The SMILES string of the molecule is CCOC(=O)[C@H]1Nc2ccc(O)cc2C2c3ccccc3CC21. The van der Waals surface area contributed by atoms with Gasteiger partial charge in [0.15, 0.2) is 0 Å². The highest BCUT2D eigenvalue weighted by Gasteiger charge is 2.46. The van der Waals surface area contributed by atoms with Crippen molar-refractivity contribution in [2.45, 2.75) is 25.3 Å². The minimum Gasteiger partial charge on any atom is -0.508 e. The van der Waals surface area contributed by atoms with E-state index in [0.29, 0.717) is 6.61 Å². The van der Waals surface area contributed by atoms with E-state index in [2.05, 4.69) is 17.4 Å². The van der Waals surface area contributed by atoms with E-state index in [1.54, 1.807) is 6.07 Å². The number of carbonyl (C=O) groups is 1. The van der Waals surface area contributed by atoms with Gasteiger partial charge in [0.25, 0.3) is 0 Å². The van der Waals surface area contributed by atoms with Crippen molar-refractivity contribution < 1.29 is 14.6 Å². The van der Waals surface area contributed by atoms with Gasteiger partial charge in [0.05, 0.1) is 6.61 Å². The van der Waals surface area contributed by atoms with Crippen molar-refractivity contribution in [3.05, 3.63) is 59.2 Å². The average molecular weight is 309 g/mol. The number of benzene rings is 2. The summed E-state index contributed by atoms with van der Waals surface area (Å²) in [7, 11) is 0. The Balaban J connectivity index is 1.84. The van der Waals surface area contributed by atoms with Crippen molar-refractivity contribution in [2.24, 2.45) is 5.92 Å². The van der Waals surface area contributed by atoms with E-state index in [1.807, 2.05) is 31.2 Å². The fourth-order valence-electron chi connectivity index (χ4n) is 4.01. The van der Waals surface area contributed by atoms with E-state index in [1.165, 1.54) is 11.1 Å². The maximum atomic E-state index is 12.4. The molecule has 4 heteroatoms. The molecule has 2 aromatic rings. The van der Waals surface area contributed by atoms with E-state index in [9.17, 15) is 9.90 Å². The Hall–Kier alpha value is -2.49. The normalized spacial score (nSPS) is 24.1. The highest BCUT2D eigenvalue weighted by molar-refractivity contribution is 5.83. The Bertz CT molecular complexity index is 771. The zero-order valence-corrected chi connectivity index (χ0v) is 13.0. The first-order valence-corrected chi connectivity index (χ1v) is 8.03. The molecule has 1 aliphatic heterocycles. The van der Waals surface area contributed by atoms with Crippen LogP contribution in [0.3, 0.4) is 0 Å². The number of phenols is 1. The van der Waals surface area contributed by atoms with Gasteiger partial charge in [-0.1, -0.05) is 24.3 Å². The fraction of sp³-hybridized carbons (Fsp3) is 0.316. The van der Waals surface area contributed by atoms with Gasteiger partial charge in [-0.05, 0) is 48.2 Å². The molecular formula is C19H19NO3. The van der Waals surface area contributed by atoms with Crippen LogP contribution in [0.4, 0.5) is 5.69 Å². The van der Waals surface area contributed by atoms with Crippen LogP contribution >= 0.6 is 0 Å². The molecule has 2 aromatic carbocycles. The first kappa shape index (κ1) is 14.1. The highest BCUT2D eigenvalue weighted by atomic mass is 16.5. The Labute approximate surface area is 135 Å². The van der Waals surface area contributed by atoms with E-state index < -0.39 is 0 Å². The first-order valence-electron chi connectivity index (χ1n) is 8.03. The van der Waals surface area contributed by atoms with Gasteiger partial charge in [-0.2, -0.15) is 0 Å². The molecule has 2 N–H and O–H groups in total. The maximum Gasteiger partial charge on any atom is 0.328 e. The number of hydrogen-bond acceptors (Lipinski definition) is 4. The number of nitrogens with one attached hydrogen (secondary N) is 1. The highest BCUT2D eigenvalue weighted by Crippen LogP contribution is 2.50. The Kier molecular flexibility index (Phi) is 3.26. The summed E-state index contributed by atoms with van der Waals surface area (Å²) >= 11 is 0. The third-order valence-corrected chi connectivity index (χ3v) is 4.92. The van der Waals surface area contributed by atoms with Crippen LogP contribution in [0.2, 0.25) is 0 Å². The van der Waals surface area contributed by atoms with Crippen LogP contribution in [0.15, 0.2) is 42.5 Å². The molecule has 1 heterocycles. The summed E-state index contributed by atoms with van der Waals surface area (Å²) in [5.74, 6) is 0.280. The van der Waals surface area contributed by atoms with Crippen LogP contribution in [0.5, 0.6) is 5.75 Å². The predicted octanol–water partition coefficient (Wildman–Crippen LogP) is 3.05. The van der Waals surface area contributed by atoms with E-state index in [4.69, 9.17) is 4.74 Å². The molecule has 1 aliphatic carbocycles. The van der Waals surface area contributed by atoms with Gasteiger partial charge in [0, 0.05) is 17.5 Å². The maximum absolute atomic E-state index is 12.4. The van der Waals surface area contributed by atoms with Crippen molar-refractivity contribution >= 4 is 11.7 Å². The Morgan fingerprint density at radius 2 is 2.09 bits per heavy atom. The van der Waals surface area contributed by atoms with Crippen molar-refractivity contribution in [1.29, 1.82) is 0 Å². The molecule has 2 aliphatic rings. The molecule has 0 saturated carbocycles. The van der Waals surface area contributed by atoms with Gasteiger partial charge in [-0.15, -0.1) is 0 Å². The molecule has 3 atom stereocenters. The molecule has 0 amide bonds. The summed E-state index contributed by atoms with van der Waals surface area (Å²) < 4.78 is 5.28. The van der Waals surface area contributed by atoms with Crippen LogP contribution in [0.25, 0.3) is 0 Å². The van der Waals surface area contributed by atoms with Gasteiger partial charge < -0.3 is 15.2 Å². The molecule has 4 nitrogen and oxygen atoms in total. The molecule has 0 radical (unpaired) electrons. The molecule has 4 rings (SSSR count). The third kappa shape index (κ3) is 2.17. The lowest BCUT2D eigenvalue weighted by atomic mass is 9.77. The van der Waals surface area contributed by atoms with E-state index >= 15 is 0 Å². The van der Waals surface area contributed by atoms with E-state index in [-0.39, 0.29) is 29.6 Å². The third-order valence-electron chi connectivity index (χ3n) is 4.92. The zero-order valence-electron chi connectivity index (χ0n) is 13.0. The zero-order chi connectivity index (χ0) is 16.0. The number of rotatable bonds is 2. The number of fused-ring (bicyclic) bond motifs is 5. The molecule has 2 unspecified atom stereocenters. The van der Waals surface area contributed by atoms with Crippen molar-refractivity contribution in [3.8, 4) is 5.75 Å². The summed E-state index contributed by atoms with van der Waals surface area (Å²) in [4.78, 5) is 12.4. The number of phenolic OH excluding ortho intramolecular Hbond substituents is 1. The van der Waals surface area contributed by atoms with Crippen LogP contribution in [-0.2, 0) is 16.0 Å². The number of esters is 1. The summed E-state index contributed by atoms with van der Waals surface area (Å²) in [5.41, 5.74) is 4.48. The number of anilines is 1. The predicted molar refractivity (Wildman–Crippen MR) is 87.6 cm³/mol. The number of ether oxygens (including phenoxy) is 1.